The SMILES string of the molecule is NC1CCC(NC(=O)C2CCCN(c3ncnc4sccc34)C2)CC1. The predicted octanol–water partition coefficient (Wildman–Crippen LogP) is 2.29. The van der Waals surface area contributed by atoms with Gasteiger partial charge in [0.2, 0.25) is 5.91 Å². The molecule has 7 heteroatoms. The van der Waals surface area contributed by atoms with Crippen molar-refractivity contribution in [2.45, 2.75) is 50.6 Å². The Balaban J connectivity index is 1.42. The average Bonchev–Trinajstić information content (AvgIpc) is 3.12. The van der Waals surface area contributed by atoms with E-state index in [4.69, 9.17) is 5.73 Å². The van der Waals surface area contributed by atoms with Crippen LogP contribution in [-0.2, 0) is 4.79 Å². The summed E-state index contributed by atoms with van der Waals surface area (Å²) >= 11 is 1.63. The van der Waals surface area contributed by atoms with Crippen LogP contribution in [0.4, 0.5) is 5.82 Å². The maximum absolute atomic E-state index is 12.7. The Morgan fingerprint density at radius 3 is 2.92 bits per heavy atom. The molecule has 2 aliphatic rings. The van der Waals surface area contributed by atoms with Crippen LogP contribution < -0.4 is 16.0 Å². The molecular formula is C18H25N5OS. The molecule has 0 aromatic carbocycles. The van der Waals surface area contributed by atoms with Gasteiger partial charge in [0, 0.05) is 25.2 Å². The number of rotatable bonds is 3. The molecule has 134 valence electrons. The Morgan fingerprint density at radius 2 is 2.08 bits per heavy atom. The summed E-state index contributed by atoms with van der Waals surface area (Å²) in [5, 5.41) is 6.40. The molecule has 1 unspecified atom stereocenters. The quantitative estimate of drug-likeness (QED) is 0.878. The van der Waals surface area contributed by atoms with Gasteiger partial charge in [0.15, 0.2) is 0 Å². The van der Waals surface area contributed by atoms with E-state index >= 15 is 0 Å². The van der Waals surface area contributed by atoms with E-state index in [1.165, 1.54) is 0 Å². The van der Waals surface area contributed by atoms with Gasteiger partial charge in [-0.15, -0.1) is 11.3 Å². The first kappa shape index (κ1) is 16.7. The molecule has 1 amide bonds. The number of nitrogens with one attached hydrogen (secondary N) is 1. The molecule has 0 spiro atoms. The van der Waals surface area contributed by atoms with Crippen LogP contribution in [0.2, 0.25) is 0 Å². The summed E-state index contributed by atoms with van der Waals surface area (Å²) in [6, 6.07) is 2.68. The van der Waals surface area contributed by atoms with Crippen LogP contribution in [0, 0.1) is 5.92 Å². The van der Waals surface area contributed by atoms with Gasteiger partial charge < -0.3 is 16.0 Å². The smallest absolute Gasteiger partial charge is 0.225 e. The van der Waals surface area contributed by atoms with Gasteiger partial charge in [0.1, 0.15) is 17.0 Å². The molecule has 1 aliphatic heterocycles. The van der Waals surface area contributed by atoms with E-state index in [9.17, 15) is 4.79 Å². The largest absolute Gasteiger partial charge is 0.355 e. The highest BCUT2D eigenvalue weighted by Gasteiger charge is 2.29. The van der Waals surface area contributed by atoms with Gasteiger partial charge in [-0.2, -0.15) is 0 Å². The van der Waals surface area contributed by atoms with Crippen molar-refractivity contribution < 1.29 is 4.79 Å². The summed E-state index contributed by atoms with van der Waals surface area (Å²) in [5.74, 6) is 1.20. The predicted molar refractivity (Wildman–Crippen MR) is 101 cm³/mol. The number of anilines is 1. The first-order valence-corrected chi connectivity index (χ1v) is 10.1. The molecule has 2 aromatic heterocycles. The molecule has 1 saturated heterocycles. The normalized spacial score (nSPS) is 27.4. The second kappa shape index (κ2) is 7.25. The van der Waals surface area contributed by atoms with Crippen molar-refractivity contribution in [2.75, 3.05) is 18.0 Å². The standard InChI is InChI=1S/C18H25N5OS/c19-13-3-5-14(6-4-13)22-17(24)12-2-1-8-23(10-12)16-15-7-9-25-18(15)21-11-20-16/h7,9,11-14H,1-6,8,10,19H2,(H,22,24). The average molecular weight is 359 g/mol. The molecule has 0 bridgehead atoms. The molecule has 1 aliphatic carbocycles. The van der Waals surface area contributed by atoms with Gasteiger partial charge in [-0.3, -0.25) is 4.79 Å². The molecule has 4 rings (SSSR count). The van der Waals surface area contributed by atoms with Crippen molar-refractivity contribution in [2.24, 2.45) is 11.7 Å². The molecule has 25 heavy (non-hydrogen) atoms. The van der Waals surface area contributed by atoms with E-state index in [0.29, 0.717) is 12.1 Å². The van der Waals surface area contributed by atoms with E-state index in [1.807, 2.05) is 5.38 Å². The fraction of sp³-hybridized carbons (Fsp3) is 0.611. The fourth-order valence-corrected chi connectivity index (χ4v) is 4.72. The highest BCUT2D eigenvalue weighted by atomic mass is 32.1. The van der Waals surface area contributed by atoms with Crippen molar-refractivity contribution in [3.63, 3.8) is 0 Å². The van der Waals surface area contributed by atoms with Gasteiger partial charge >= 0.3 is 0 Å². The van der Waals surface area contributed by atoms with Crippen molar-refractivity contribution >= 4 is 33.3 Å². The molecule has 3 heterocycles. The Labute approximate surface area is 151 Å². The van der Waals surface area contributed by atoms with Gasteiger partial charge in [0.25, 0.3) is 0 Å². The maximum atomic E-state index is 12.7. The Bertz CT molecular complexity index is 740. The molecule has 1 atom stereocenters. The highest BCUT2D eigenvalue weighted by Crippen LogP contribution is 2.30. The van der Waals surface area contributed by atoms with Crippen molar-refractivity contribution in [3.05, 3.63) is 17.8 Å². The third kappa shape index (κ3) is 3.62. The Morgan fingerprint density at radius 1 is 1.24 bits per heavy atom. The number of fused-ring (bicyclic) bond motifs is 1. The lowest BCUT2D eigenvalue weighted by Crippen LogP contribution is -2.47. The monoisotopic (exact) mass is 359 g/mol. The number of thiophene rings is 1. The number of hydrogen-bond acceptors (Lipinski definition) is 6. The summed E-state index contributed by atoms with van der Waals surface area (Å²) < 4.78 is 0. The second-order valence-corrected chi connectivity index (χ2v) is 8.14. The van der Waals surface area contributed by atoms with Gasteiger partial charge in [-0.1, -0.05) is 0 Å². The van der Waals surface area contributed by atoms with Crippen molar-refractivity contribution in [1.29, 1.82) is 0 Å². The number of piperidine rings is 1. The number of amides is 1. The molecule has 1 saturated carbocycles. The first-order valence-electron chi connectivity index (χ1n) is 9.20. The lowest BCUT2D eigenvalue weighted by atomic mass is 9.90. The number of nitrogens with two attached hydrogens (primary N) is 1. The topological polar surface area (TPSA) is 84.1 Å². The molecular weight excluding hydrogens is 334 g/mol. The molecule has 2 fully saturated rings. The molecule has 6 nitrogen and oxygen atoms in total. The second-order valence-electron chi connectivity index (χ2n) is 7.24. The lowest BCUT2D eigenvalue weighted by molar-refractivity contribution is -0.126. The zero-order valence-corrected chi connectivity index (χ0v) is 15.2. The summed E-state index contributed by atoms with van der Waals surface area (Å²) in [7, 11) is 0. The third-order valence-electron chi connectivity index (χ3n) is 5.45. The van der Waals surface area contributed by atoms with Gasteiger partial charge in [0.05, 0.1) is 11.3 Å². The fourth-order valence-electron chi connectivity index (χ4n) is 4.00. The van der Waals surface area contributed by atoms with Crippen molar-refractivity contribution in [1.82, 2.24) is 15.3 Å². The zero-order valence-electron chi connectivity index (χ0n) is 14.4. The van der Waals surface area contributed by atoms with Gasteiger partial charge in [-0.25, -0.2) is 9.97 Å². The van der Waals surface area contributed by atoms with Crippen LogP contribution in [0.25, 0.3) is 10.2 Å². The van der Waals surface area contributed by atoms with Crippen LogP contribution >= 0.6 is 11.3 Å². The van der Waals surface area contributed by atoms with E-state index in [2.05, 4.69) is 26.3 Å². The number of aromatic nitrogens is 2. The number of hydrogen-bond donors (Lipinski definition) is 2. The maximum Gasteiger partial charge on any atom is 0.225 e. The molecule has 3 N–H and O–H groups in total. The Kier molecular flexibility index (Phi) is 4.85. The van der Waals surface area contributed by atoms with Crippen LogP contribution in [0.15, 0.2) is 17.8 Å². The minimum Gasteiger partial charge on any atom is -0.355 e. The zero-order chi connectivity index (χ0) is 17.2. The van der Waals surface area contributed by atoms with E-state index < -0.39 is 0 Å². The van der Waals surface area contributed by atoms with Crippen LogP contribution in [0.3, 0.4) is 0 Å². The minimum absolute atomic E-state index is 0.0352. The minimum atomic E-state index is 0.0352. The van der Waals surface area contributed by atoms with Gasteiger partial charge in [-0.05, 0) is 50.0 Å². The van der Waals surface area contributed by atoms with Crippen LogP contribution in [0.5, 0.6) is 0 Å². The lowest BCUT2D eigenvalue weighted by Gasteiger charge is -2.34. The molecule has 2 aromatic rings. The summed E-state index contributed by atoms with van der Waals surface area (Å²) in [5.41, 5.74) is 5.96. The number of nitrogens with zero attached hydrogens (tertiary/aromatic N) is 3. The van der Waals surface area contributed by atoms with Crippen LogP contribution in [-0.4, -0.2) is 41.0 Å². The van der Waals surface area contributed by atoms with Crippen LogP contribution in [0.1, 0.15) is 38.5 Å². The molecule has 0 radical (unpaired) electrons. The van der Waals surface area contributed by atoms with E-state index in [1.54, 1.807) is 17.7 Å². The number of carbonyl (C=O) groups excluding carboxylic acids is 1. The highest BCUT2D eigenvalue weighted by molar-refractivity contribution is 7.16. The summed E-state index contributed by atoms with van der Waals surface area (Å²) in [4.78, 5) is 24.8. The summed E-state index contributed by atoms with van der Waals surface area (Å²) in [6.07, 6.45) is 7.63. The van der Waals surface area contributed by atoms with E-state index in [0.717, 1.165) is 67.6 Å². The van der Waals surface area contributed by atoms with E-state index in [-0.39, 0.29) is 11.8 Å². The van der Waals surface area contributed by atoms with Crippen molar-refractivity contribution in [3.8, 4) is 0 Å². The number of carbonyl (C=O) groups is 1. The third-order valence-corrected chi connectivity index (χ3v) is 6.27. The summed E-state index contributed by atoms with van der Waals surface area (Å²) in [6.45, 7) is 1.68. The first-order chi connectivity index (χ1) is 12.2. The Hall–Kier alpha value is -1.73.